The molecule has 2 aromatic rings. The van der Waals surface area contributed by atoms with E-state index >= 15 is 0 Å². The predicted octanol–water partition coefficient (Wildman–Crippen LogP) is 1.86. The van der Waals surface area contributed by atoms with Crippen LogP contribution in [0.15, 0.2) is 24.4 Å². The zero-order valence-electron chi connectivity index (χ0n) is 17.8. The number of hydrogen-bond acceptors (Lipinski definition) is 6. The molecule has 1 fully saturated rings. The van der Waals surface area contributed by atoms with Crippen LogP contribution in [0.4, 0.5) is 20.3 Å². The molecule has 1 saturated heterocycles. The van der Waals surface area contributed by atoms with Gasteiger partial charge in [-0.15, -0.1) is 0 Å². The Balaban J connectivity index is 1.63. The van der Waals surface area contributed by atoms with E-state index in [9.17, 15) is 18.4 Å². The summed E-state index contributed by atoms with van der Waals surface area (Å²) >= 11 is 0. The second-order valence-electron chi connectivity index (χ2n) is 8.04. The van der Waals surface area contributed by atoms with E-state index in [4.69, 9.17) is 15.2 Å². The van der Waals surface area contributed by atoms with Gasteiger partial charge in [-0.3, -0.25) is 14.5 Å². The van der Waals surface area contributed by atoms with Crippen molar-refractivity contribution in [1.29, 1.82) is 0 Å². The van der Waals surface area contributed by atoms with Gasteiger partial charge in [0.25, 0.3) is 5.92 Å². The van der Waals surface area contributed by atoms with Gasteiger partial charge in [-0.25, -0.2) is 13.8 Å². The molecule has 2 amide bonds. The smallest absolute Gasteiger partial charge is 0.272 e. The number of alkyl halides is 2. The number of benzene rings is 1. The Kier molecular flexibility index (Phi) is 5.76. The van der Waals surface area contributed by atoms with Crippen LogP contribution in [-0.2, 0) is 20.9 Å². The first kappa shape index (κ1) is 22.0. The number of rotatable bonds is 7. The van der Waals surface area contributed by atoms with Crippen LogP contribution in [0.25, 0.3) is 11.4 Å². The maximum Gasteiger partial charge on any atom is 0.272 e. The first-order valence-corrected chi connectivity index (χ1v) is 10.3. The molecular formula is C21H25F2N5O4. The van der Waals surface area contributed by atoms with Gasteiger partial charge in [-0.1, -0.05) is 0 Å². The van der Waals surface area contributed by atoms with Gasteiger partial charge in [-0.2, -0.15) is 0 Å². The highest BCUT2D eigenvalue weighted by Crippen LogP contribution is 2.37. The summed E-state index contributed by atoms with van der Waals surface area (Å²) in [6.07, 6.45) is 1.59. The Bertz CT molecular complexity index is 1040. The lowest BCUT2D eigenvalue weighted by molar-refractivity contribution is -0.165. The van der Waals surface area contributed by atoms with Gasteiger partial charge in [-0.05, 0) is 19.1 Å². The number of nitrogens with two attached hydrogens (primary N) is 1. The van der Waals surface area contributed by atoms with Gasteiger partial charge in [0.2, 0.25) is 11.8 Å². The van der Waals surface area contributed by atoms with Gasteiger partial charge >= 0.3 is 0 Å². The fraction of sp³-hybridized carbons (Fsp3) is 0.476. The zero-order chi connectivity index (χ0) is 23.0. The van der Waals surface area contributed by atoms with Crippen molar-refractivity contribution >= 4 is 23.3 Å². The molecule has 172 valence electrons. The number of ether oxygens (including phenoxy) is 2. The molecule has 0 spiro atoms. The number of aromatic nitrogens is 2. The summed E-state index contributed by atoms with van der Waals surface area (Å²) in [6, 6.07) is 4.67. The molecule has 2 aliphatic heterocycles. The molecule has 4 rings (SSSR count). The molecule has 0 saturated carbocycles. The largest absolute Gasteiger partial charge is 0.491 e. The molecule has 3 N–H and O–H groups in total. The van der Waals surface area contributed by atoms with Crippen molar-refractivity contribution in [1.82, 2.24) is 9.55 Å². The third-order valence-electron chi connectivity index (χ3n) is 5.65. The molecule has 1 aromatic heterocycles. The van der Waals surface area contributed by atoms with Crippen molar-refractivity contribution in [2.75, 3.05) is 36.6 Å². The van der Waals surface area contributed by atoms with Gasteiger partial charge in [0.1, 0.15) is 24.2 Å². The van der Waals surface area contributed by atoms with Gasteiger partial charge in [0.15, 0.2) is 5.82 Å². The Labute approximate surface area is 183 Å². The normalized spacial score (nSPS) is 16.6. The summed E-state index contributed by atoms with van der Waals surface area (Å²) in [6.45, 7) is 2.84. The standard InChI is InChI=1S/C21H25F2N5O4/c1-12(19(24)30)25-15-3-4-16-17(7-15)32-6-5-27-8-18(26-20(16)27)28(13(2)29)11-21(22,23)14-9-31-10-14/h3-4,7-8,12,14,25H,5-6,9-11H2,1-2H3,(H2,24,30)/t12-/m0/s1. The van der Waals surface area contributed by atoms with E-state index in [-0.39, 0.29) is 19.0 Å². The number of nitrogens with zero attached hydrogens (tertiary/aromatic N) is 3. The Morgan fingerprint density at radius 3 is 2.78 bits per heavy atom. The Morgan fingerprint density at radius 2 is 2.16 bits per heavy atom. The highest BCUT2D eigenvalue weighted by molar-refractivity contribution is 5.91. The van der Waals surface area contributed by atoms with Crippen molar-refractivity contribution in [2.24, 2.45) is 11.7 Å². The molecule has 9 nitrogen and oxygen atoms in total. The van der Waals surface area contributed by atoms with Crippen LogP contribution in [0.5, 0.6) is 5.75 Å². The third kappa shape index (κ3) is 4.24. The van der Waals surface area contributed by atoms with Crippen molar-refractivity contribution in [3.05, 3.63) is 24.4 Å². The summed E-state index contributed by atoms with van der Waals surface area (Å²) in [5.41, 5.74) is 6.59. The molecule has 1 aromatic carbocycles. The minimum absolute atomic E-state index is 0.0200. The minimum Gasteiger partial charge on any atom is -0.491 e. The lowest BCUT2D eigenvalue weighted by Gasteiger charge is -2.35. The fourth-order valence-electron chi connectivity index (χ4n) is 3.58. The number of carbonyl (C=O) groups is 2. The van der Waals surface area contributed by atoms with Crippen molar-refractivity contribution < 1.29 is 27.8 Å². The molecule has 32 heavy (non-hydrogen) atoms. The SMILES string of the molecule is CC(=O)N(CC(F)(F)C1COC1)c1cn2c(n1)-c1ccc(N[C@@H](C)C(N)=O)cc1OCC2. The van der Waals surface area contributed by atoms with Gasteiger partial charge < -0.3 is 25.1 Å². The number of primary amides is 1. The van der Waals surface area contributed by atoms with E-state index in [1.165, 1.54) is 6.92 Å². The van der Waals surface area contributed by atoms with E-state index < -0.39 is 36.2 Å². The number of anilines is 2. The second-order valence-corrected chi connectivity index (χ2v) is 8.04. The average Bonchev–Trinajstić information content (AvgIpc) is 3.00. The Hall–Kier alpha value is -3.21. The third-order valence-corrected chi connectivity index (χ3v) is 5.65. The summed E-state index contributed by atoms with van der Waals surface area (Å²) in [4.78, 5) is 29.1. The highest BCUT2D eigenvalue weighted by atomic mass is 19.3. The fourth-order valence-corrected chi connectivity index (χ4v) is 3.58. The molecule has 0 aliphatic carbocycles. The topological polar surface area (TPSA) is 112 Å². The predicted molar refractivity (Wildman–Crippen MR) is 113 cm³/mol. The number of amides is 2. The minimum atomic E-state index is -3.08. The van der Waals surface area contributed by atoms with Crippen LogP contribution in [0.3, 0.4) is 0 Å². The van der Waals surface area contributed by atoms with Crippen LogP contribution in [0, 0.1) is 5.92 Å². The van der Waals surface area contributed by atoms with Crippen molar-refractivity contribution in [3.8, 4) is 17.1 Å². The van der Waals surface area contributed by atoms with E-state index in [0.29, 0.717) is 36.0 Å². The lowest BCUT2D eigenvalue weighted by Crippen LogP contribution is -2.50. The van der Waals surface area contributed by atoms with Crippen LogP contribution in [-0.4, -0.2) is 59.7 Å². The average molecular weight is 449 g/mol. The molecule has 3 heterocycles. The van der Waals surface area contributed by atoms with Crippen molar-refractivity contribution in [2.45, 2.75) is 32.4 Å². The van der Waals surface area contributed by atoms with E-state index in [1.807, 2.05) is 0 Å². The molecule has 0 unspecified atom stereocenters. The van der Waals surface area contributed by atoms with Gasteiger partial charge in [0.05, 0.1) is 37.8 Å². The number of imidazole rings is 1. The van der Waals surface area contributed by atoms with E-state index in [1.54, 1.807) is 35.9 Å². The van der Waals surface area contributed by atoms with Gasteiger partial charge in [0, 0.05) is 24.9 Å². The van der Waals surface area contributed by atoms with Crippen LogP contribution >= 0.6 is 0 Å². The maximum atomic E-state index is 14.6. The van der Waals surface area contributed by atoms with E-state index in [0.717, 1.165) is 4.90 Å². The number of carbonyl (C=O) groups excluding carboxylic acids is 2. The van der Waals surface area contributed by atoms with Crippen molar-refractivity contribution in [3.63, 3.8) is 0 Å². The molecular weight excluding hydrogens is 424 g/mol. The number of fused-ring (bicyclic) bond motifs is 3. The highest BCUT2D eigenvalue weighted by Gasteiger charge is 2.46. The lowest BCUT2D eigenvalue weighted by atomic mass is 9.99. The number of nitrogens with one attached hydrogen (secondary N) is 1. The zero-order valence-corrected chi connectivity index (χ0v) is 17.8. The van der Waals surface area contributed by atoms with Crippen LogP contribution in [0.1, 0.15) is 13.8 Å². The maximum absolute atomic E-state index is 14.6. The van der Waals surface area contributed by atoms with E-state index in [2.05, 4.69) is 10.3 Å². The first-order valence-electron chi connectivity index (χ1n) is 10.3. The molecule has 0 radical (unpaired) electrons. The Morgan fingerprint density at radius 1 is 1.41 bits per heavy atom. The monoisotopic (exact) mass is 449 g/mol. The van der Waals surface area contributed by atoms with Crippen LogP contribution < -0.4 is 20.7 Å². The molecule has 0 bridgehead atoms. The molecule has 2 aliphatic rings. The summed E-state index contributed by atoms with van der Waals surface area (Å²) in [5, 5.41) is 2.99. The summed E-state index contributed by atoms with van der Waals surface area (Å²) in [5.74, 6) is -3.82. The second kappa shape index (κ2) is 8.38. The molecule has 1 atom stereocenters. The quantitative estimate of drug-likeness (QED) is 0.668. The summed E-state index contributed by atoms with van der Waals surface area (Å²) in [7, 11) is 0. The van der Waals surface area contributed by atoms with Crippen LogP contribution in [0.2, 0.25) is 0 Å². The number of hydrogen-bond donors (Lipinski definition) is 2. The molecule has 11 heteroatoms. The number of halogens is 2. The summed E-state index contributed by atoms with van der Waals surface area (Å²) < 4.78 is 41.7. The first-order chi connectivity index (χ1) is 15.2.